The van der Waals surface area contributed by atoms with Gasteiger partial charge in [0.2, 0.25) is 12.7 Å². The van der Waals surface area contributed by atoms with Crippen LogP contribution >= 0.6 is 11.6 Å². The van der Waals surface area contributed by atoms with Gasteiger partial charge in [0.25, 0.3) is 0 Å². The van der Waals surface area contributed by atoms with Crippen LogP contribution in [0.1, 0.15) is 23.3 Å². The van der Waals surface area contributed by atoms with E-state index in [1.165, 1.54) is 0 Å². The normalized spacial score (nSPS) is 14.8. The molecular weight excluding hydrogens is 258 g/mol. The summed E-state index contributed by atoms with van der Waals surface area (Å²) in [6, 6.07) is 2.96. The Morgan fingerprint density at radius 3 is 2.94 bits per heavy atom. The van der Waals surface area contributed by atoms with Gasteiger partial charge in [0.05, 0.1) is 11.1 Å². The summed E-state index contributed by atoms with van der Waals surface area (Å²) in [4.78, 5) is 4.09. The molecule has 2 aromatic rings. The Bertz CT molecular complexity index is 599. The zero-order valence-corrected chi connectivity index (χ0v) is 10.3. The van der Waals surface area contributed by atoms with Gasteiger partial charge in [-0.25, -0.2) is 0 Å². The molecule has 0 fully saturated rings. The van der Waals surface area contributed by atoms with Gasteiger partial charge in [-0.15, -0.1) is 0 Å². The lowest BCUT2D eigenvalue weighted by atomic mass is 10.1. The average Bonchev–Trinajstić information content (AvgIpc) is 2.96. The Labute approximate surface area is 108 Å². The first-order valence-corrected chi connectivity index (χ1v) is 5.68. The van der Waals surface area contributed by atoms with Crippen molar-refractivity contribution in [2.45, 2.75) is 13.0 Å². The van der Waals surface area contributed by atoms with E-state index in [1.807, 2.05) is 0 Å². The SMILES string of the molecule is Cc1nc(C(N)c2cc(Cl)c3c(c2)OCO3)no1. The fourth-order valence-electron chi connectivity index (χ4n) is 1.76. The number of nitrogens with zero attached hydrogens (tertiary/aromatic N) is 2. The van der Waals surface area contributed by atoms with Crippen molar-refractivity contribution >= 4 is 11.6 Å². The van der Waals surface area contributed by atoms with Gasteiger partial charge < -0.3 is 19.7 Å². The van der Waals surface area contributed by atoms with Crippen LogP contribution < -0.4 is 15.2 Å². The number of ether oxygens (including phenoxy) is 2. The first kappa shape index (κ1) is 11.3. The van der Waals surface area contributed by atoms with Crippen molar-refractivity contribution in [1.29, 1.82) is 0 Å². The van der Waals surface area contributed by atoms with Crippen LogP contribution in [0, 0.1) is 6.92 Å². The number of halogens is 1. The van der Waals surface area contributed by atoms with Crippen LogP contribution in [0.25, 0.3) is 0 Å². The van der Waals surface area contributed by atoms with Crippen LogP contribution in [-0.2, 0) is 0 Å². The van der Waals surface area contributed by atoms with E-state index in [2.05, 4.69) is 10.1 Å². The van der Waals surface area contributed by atoms with Crippen molar-refractivity contribution in [3.05, 3.63) is 34.4 Å². The molecule has 18 heavy (non-hydrogen) atoms. The van der Waals surface area contributed by atoms with Crippen molar-refractivity contribution in [3.8, 4) is 11.5 Å². The molecule has 1 unspecified atom stereocenters. The van der Waals surface area contributed by atoms with E-state index in [9.17, 15) is 0 Å². The highest BCUT2D eigenvalue weighted by Crippen LogP contribution is 2.41. The Morgan fingerprint density at radius 2 is 2.22 bits per heavy atom. The van der Waals surface area contributed by atoms with Crippen LogP contribution in [0.5, 0.6) is 11.5 Å². The van der Waals surface area contributed by atoms with Gasteiger partial charge in [0, 0.05) is 6.92 Å². The van der Waals surface area contributed by atoms with Crippen molar-refractivity contribution < 1.29 is 14.0 Å². The molecule has 0 aliphatic carbocycles. The number of benzene rings is 1. The molecule has 0 saturated carbocycles. The molecule has 1 aliphatic heterocycles. The molecule has 94 valence electrons. The molecule has 7 heteroatoms. The molecule has 1 aliphatic rings. The number of hydrogen-bond donors (Lipinski definition) is 1. The first-order chi connectivity index (χ1) is 8.65. The van der Waals surface area contributed by atoms with Gasteiger partial charge in [-0.3, -0.25) is 0 Å². The number of hydrogen-bond acceptors (Lipinski definition) is 6. The minimum atomic E-state index is -0.519. The summed E-state index contributed by atoms with van der Waals surface area (Å²) in [5.41, 5.74) is 6.79. The van der Waals surface area contributed by atoms with Crippen molar-refractivity contribution in [2.24, 2.45) is 5.73 Å². The summed E-state index contributed by atoms with van der Waals surface area (Å²) in [6.45, 7) is 1.87. The second kappa shape index (κ2) is 4.15. The van der Waals surface area contributed by atoms with Gasteiger partial charge >= 0.3 is 0 Å². The van der Waals surface area contributed by atoms with Gasteiger partial charge in [0.15, 0.2) is 17.3 Å². The van der Waals surface area contributed by atoms with Crippen molar-refractivity contribution in [1.82, 2.24) is 10.1 Å². The molecule has 1 aromatic heterocycles. The summed E-state index contributed by atoms with van der Waals surface area (Å²) in [6.07, 6.45) is 0. The maximum atomic E-state index is 6.09. The van der Waals surface area contributed by atoms with Crippen molar-refractivity contribution in [2.75, 3.05) is 6.79 Å². The van der Waals surface area contributed by atoms with E-state index >= 15 is 0 Å². The molecule has 2 N–H and O–H groups in total. The van der Waals surface area contributed by atoms with Gasteiger partial charge in [-0.1, -0.05) is 16.8 Å². The number of fused-ring (bicyclic) bond motifs is 1. The standard InChI is InChI=1S/C11H10ClN3O3/c1-5-14-11(15-18-5)9(13)6-2-7(12)10-8(3-6)16-4-17-10/h2-3,9H,4,13H2,1H3. The Morgan fingerprint density at radius 1 is 1.39 bits per heavy atom. The monoisotopic (exact) mass is 267 g/mol. The smallest absolute Gasteiger partial charge is 0.231 e. The summed E-state index contributed by atoms with van der Waals surface area (Å²) < 4.78 is 15.4. The molecule has 1 atom stereocenters. The molecule has 0 spiro atoms. The van der Waals surface area contributed by atoms with Gasteiger partial charge in [0.1, 0.15) is 0 Å². The highest BCUT2D eigenvalue weighted by atomic mass is 35.5. The fraction of sp³-hybridized carbons (Fsp3) is 0.273. The number of aromatic nitrogens is 2. The molecule has 1 aromatic carbocycles. The topological polar surface area (TPSA) is 83.4 Å². The molecule has 0 saturated heterocycles. The molecule has 2 heterocycles. The fourth-order valence-corrected chi connectivity index (χ4v) is 2.03. The summed E-state index contributed by atoms with van der Waals surface area (Å²) in [5.74, 6) is 1.99. The molecule has 6 nitrogen and oxygen atoms in total. The number of nitrogens with two attached hydrogens (primary N) is 1. The third-order valence-electron chi connectivity index (χ3n) is 2.63. The van der Waals surface area contributed by atoms with E-state index in [4.69, 9.17) is 31.3 Å². The largest absolute Gasteiger partial charge is 0.454 e. The lowest BCUT2D eigenvalue weighted by Crippen LogP contribution is -2.13. The second-order valence-corrected chi connectivity index (χ2v) is 4.29. The van der Waals surface area contributed by atoms with Crippen molar-refractivity contribution in [3.63, 3.8) is 0 Å². The van der Waals surface area contributed by atoms with E-state index < -0.39 is 6.04 Å². The maximum absolute atomic E-state index is 6.09. The zero-order chi connectivity index (χ0) is 12.7. The quantitative estimate of drug-likeness (QED) is 0.893. The Hall–Kier alpha value is -1.79. The predicted molar refractivity (Wildman–Crippen MR) is 62.6 cm³/mol. The third kappa shape index (κ3) is 1.79. The molecular formula is C11H10ClN3O3. The van der Waals surface area contributed by atoms with E-state index in [0.717, 1.165) is 5.56 Å². The lowest BCUT2D eigenvalue weighted by molar-refractivity contribution is 0.174. The highest BCUT2D eigenvalue weighted by Gasteiger charge is 2.22. The van der Waals surface area contributed by atoms with Gasteiger partial charge in [-0.05, 0) is 17.7 Å². The van der Waals surface area contributed by atoms with Crippen LogP contribution in [-0.4, -0.2) is 16.9 Å². The predicted octanol–water partition coefficient (Wildman–Crippen LogP) is 1.81. The van der Waals surface area contributed by atoms with Crippen LogP contribution in [0.4, 0.5) is 0 Å². The first-order valence-electron chi connectivity index (χ1n) is 5.30. The maximum Gasteiger partial charge on any atom is 0.231 e. The van der Waals surface area contributed by atoms with E-state index in [-0.39, 0.29) is 6.79 Å². The minimum absolute atomic E-state index is 0.162. The second-order valence-electron chi connectivity index (χ2n) is 3.89. The summed E-state index contributed by atoms with van der Waals surface area (Å²) >= 11 is 6.09. The zero-order valence-electron chi connectivity index (χ0n) is 9.51. The molecule has 3 rings (SSSR count). The minimum Gasteiger partial charge on any atom is -0.454 e. The summed E-state index contributed by atoms with van der Waals surface area (Å²) in [5, 5.41) is 4.24. The summed E-state index contributed by atoms with van der Waals surface area (Å²) in [7, 11) is 0. The lowest BCUT2D eigenvalue weighted by Gasteiger charge is -2.09. The number of aryl methyl sites for hydroxylation is 1. The third-order valence-corrected chi connectivity index (χ3v) is 2.91. The highest BCUT2D eigenvalue weighted by molar-refractivity contribution is 6.32. The van der Waals surface area contributed by atoms with Crippen LogP contribution in [0.15, 0.2) is 16.7 Å². The van der Waals surface area contributed by atoms with Crippen LogP contribution in [0.2, 0.25) is 5.02 Å². The van der Waals surface area contributed by atoms with Crippen LogP contribution in [0.3, 0.4) is 0 Å². The van der Waals surface area contributed by atoms with E-state index in [1.54, 1.807) is 19.1 Å². The molecule has 0 amide bonds. The van der Waals surface area contributed by atoms with E-state index in [0.29, 0.717) is 28.2 Å². The number of rotatable bonds is 2. The average molecular weight is 268 g/mol. The Balaban J connectivity index is 2.00. The molecule has 0 bridgehead atoms. The Kier molecular flexibility index (Phi) is 2.61. The molecule has 0 radical (unpaired) electrons. The van der Waals surface area contributed by atoms with Gasteiger partial charge in [-0.2, -0.15) is 4.98 Å².